The number of hydrogen-bond acceptors (Lipinski definition) is 4. The van der Waals surface area contributed by atoms with Crippen LogP contribution in [0.3, 0.4) is 0 Å². The van der Waals surface area contributed by atoms with Crippen LogP contribution in [0.25, 0.3) is 0 Å². The zero-order valence-electron chi connectivity index (χ0n) is 16.8. The van der Waals surface area contributed by atoms with Gasteiger partial charge in [-0.1, -0.05) is 29.8 Å². The Morgan fingerprint density at radius 3 is 2.44 bits per heavy atom. The molecule has 5 nitrogen and oxygen atoms in total. The van der Waals surface area contributed by atoms with E-state index in [9.17, 15) is 13.2 Å². The van der Waals surface area contributed by atoms with Crippen LogP contribution in [0.4, 0.5) is 18.9 Å². The van der Waals surface area contributed by atoms with Crippen molar-refractivity contribution in [3.63, 3.8) is 0 Å². The lowest BCUT2D eigenvalue weighted by molar-refractivity contribution is -0.137. The Morgan fingerprint density at radius 2 is 1.81 bits per heavy atom. The third-order valence-corrected chi connectivity index (χ3v) is 4.77. The zero-order valence-corrected chi connectivity index (χ0v) is 18.4. The highest BCUT2D eigenvalue weighted by Crippen LogP contribution is 2.31. The van der Waals surface area contributed by atoms with Crippen LogP contribution in [0, 0.1) is 0 Å². The number of hydrogen-bond donors (Lipinski definition) is 2. The molecule has 0 unspecified atom stereocenters. The van der Waals surface area contributed by atoms with Crippen LogP contribution in [0.5, 0.6) is 5.75 Å². The van der Waals surface area contributed by atoms with E-state index in [4.69, 9.17) is 28.6 Å². The molecule has 3 rings (SSSR count). The topological polar surface area (TPSA) is 58.5 Å². The van der Waals surface area contributed by atoms with E-state index in [0.717, 1.165) is 23.5 Å². The SMILES string of the molecule is C/C(=N/NC(=S)Nc1ccccc1)c1ccc(OCc2ncc(C(F)(F)F)cc2Cl)cc1. The standard InChI is InChI=1S/C22H18ClF3N4OS/c1-14(29-30-21(32)28-17-5-3-2-4-6-17)15-7-9-18(10-8-15)31-13-20-19(23)11-16(12-27-20)22(24,25)26/h2-12H,13H2,1H3,(H2,28,30,32)/b29-14-. The van der Waals surface area contributed by atoms with Gasteiger partial charge in [0.25, 0.3) is 0 Å². The summed E-state index contributed by atoms with van der Waals surface area (Å²) in [6.07, 6.45) is -3.76. The second-order valence-electron chi connectivity index (χ2n) is 6.59. The van der Waals surface area contributed by atoms with Gasteiger partial charge in [-0.25, -0.2) is 0 Å². The summed E-state index contributed by atoms with van der Waals surface area (Å²) in [5.74, 6) is 0.508. The molecule has 2 aromatic carbocycles. The quantitative estimate of drug-likeness (QED) is 0.257. The molecular formula is C22H18ClF3N4OS. The molecule has 3 aromatic rings. The Hall–Kier alpha value is -3.17. The number of aromatic nitrogens is 1. The van der Waals surface area contributed by atoms with Gasteiger partial charge in [-0.05, 0) is 67.2 Å². The second-order valence-corrected chi connectivity index (χ2v) is 7.41. The fraction of sp³-hybridized carbons (Fsp3) is 0.136. The largest absolute Gasteiger partial charge is 0.487 e. The molecule has 0 bridgehead atoms. The summed E-state index contributed by atoms with van der Waals surface area (Å²) in [5, 5.41) is 7.53. The average Bonchev–Trinajstić information content (AvgIpc) is 2.77. The van der Waals surface area contributed by atoms with Crippen LogP contribution in [0.1, 0.15) is 23.7 Å². The first-order chi connectivity index (χ1) is 15.2. The summed E-state index contributed by atoms with van der Waals surface area (Å²) in [7, 11) is 0. The highest BCUT2D eigenvalue weighted by atomic mass is 35.5. The Balaban J connectivity index is 1.55. The third-order valence-electron chi connectivity index (χ3n) is 4.25. The van der Waals surface area contributed by atoms with Gasteiger partial charge >= 0.3 is 6.18 Å². The van der Waals surface area contributed by atoms with Gasteiger partial charge in [0.15, 0.2) is 5.11 Å². The van der Waals surface area contributed by atoms with Gasteiger partial charge in [0, 0.05) is 11.9 Å². The van der Waals surface area contributed by atoms with Crippen molar-refractivity contribution in [2.75, 3.05) is 5.32 Å². The van der Waals surface area contributed by atoms with E-state index in [1.165, 1.54) is 0 Å². The maximum Gasteiger partial charge on any atom is 0.417 e. The molecule has 1 heterocycles. The average molecular weight is 479 g/mol. The summed E-state index contributed by atoms with van der Waals surface area (Å²) >= 11 is 11.1. The zero-order chi connectivity index (χ0) is 23.1. The van der Waals surface area contributed by atoms with Crippen LogP contribution in [0.2, 0.25) is 5.02 Å². The number of pyridine rings is 1. The number of hydrazone groups is 1. The van der Waals surface area contributed by atoms with Crippen molar-refractivity contribution in [2.24, 2.45) is 5.10 Å². The molecule has 2 N–H and O–H groups in total. The molecule has 0 saturated heterocycles. The summed E-state index contributed by atoms with van der Waals surface area (Å²) < 4.78 is 43.7. The summed E-state index contributed by atoms with van der Waals surface area (Å²) in [6, 6.07) is 17.3. The lowest BCUT2D eigenvalue weighted by Gasteiger charge is -2.11. The lowest BCUT2D eigenvalue weighted by atomic mass is 10.1. The number of nitrogens with zero attached hydrogens (tertiary/aromatic N) is 2. The summed E-state index contributed by atoms with van der Waals surface area (Å²) in [5.41, 5.74) is 4.47. The molecule has 0 aliphatic heterocycles. The number of alkyl halides is 3. The van der Waals surface area contributed by atoms with E-state index in [2.05, 4.69) is 20.8 Å². The van der Waals surface area contributed by atoms with E-state index >= 15 is 0 Å². The van der Waals surface area contributed by atoms with Crippen molar-refractivity contribution < 1.29 is 17.9 Å². The molecule has 1 aromatic heterocycles. The fourth-order valence-electron chi connectivity index (χ4n) is 2.55. The fourth-order valence-corrected chi connectivity index (χ4v) is 2.94. The third kappa shape index (κ3) is 6.66. The molecule has 166 valence electrons. The minimum atomic E-state index is -4.50. The predicted molar refractivity (Wildman–Crippen MR) is 123 cm³/mol. The molecule has 32 heavy (non-hydrogen) atoms. The Bertz CT molecular complexity index is 1110. The Labute approximate surface area is 193 Å². The number of ether oxygens (including phenoxy) is 1. The predicted octanol–water partition coefficient (Wildman–Crippen LogP) is 6.04. The molecule has 0 fully saturated rings. The maximum absolute atomic E-state index is 12.7. The number of nitrogens with one attached hydrogen (secondary N) is 2. The normalized spacial score (nSPS) is 11.7. The molecule has 0 aliphatic carbocycles. The van der Waals surface area contributed by atoms with Crippen LogP contribution in [-0.4, -0.2) is 15.8 Å². The number of thiocarbonyl (C=S) groups is 1. The van der Waals surface area contributed by atoms with E-state index in [1.54, 1.807) is 24.3 Å². The molecule has 0 radical (unpaired) electrons. The van der Waals surface area contributed by atoms with Gasteiger partial charge in [0.1, 0.15) is 12.4 Å². The highest BCUT2D eigenvalue weighted by Gasteiger charge is 2.31. The van der Waals surface area contributed by atoms with Crippen LogP contribution < -0.4 is 15.5 Å². The molecule has 0 spiro atoms. The Kier molecular flexibility index (Phi) is 7.66. The number of benzene rings is 2. The number of rotatable bonds is 6. The summed E-state index contributed by atoms with van der Waals surface area (Å²) in [6.45, 7) is 1.75. The lowest BCUT2D eigenvalue weighted by Crippen LogP contribution is -2.24. The van der Waals surface area contributed by atoms with Gasteiger partial charge in [0.2, 0.25) is 0 Å². The van der Waals surface area contributed by atoms with Crippen LogP contribution in [-0.2, 0) is 12.8 Å². The molecular weight excluding hydrogens is 461 g/mol. The van der Waals surface area contributed by atoms with Crippen molar-refractivity contribution in [3.05, 3.63) is 88.7 Å². The maximum atomic E-state index is 12.7. The van der Waals surface area contributed by atoms with E-state index in [1.807, 2.05) is 37.3 Å². The minimum absolute atomic E-state index is 0.0651. The Morgan fingerprint density at radius 1 is 1.12 bits per heavy atom. The first-order valence-corrected chi connectivity index (χ1v) is 10.1. The number of halogens is 4. The second kappa shape index (κ2) is 10.4. The number of para-hydroxylation sites is 1. The van der Waals surface area contributed by atoms with Gasteiger partial charge < -0.3 is 10.1 Å². The van der Waals surface area contributed by atoms with E-state index in [-0.39, 0.29) is 17.3 Å². The van der Waals surface area contributed by atoms with E-state index < -0.39 is 11.7 Å². The van der Waals surface area contributed by atoms with Gasteiger partial charge in [0.05, 0.1) is 22.0 Å². The molecule has 0 amide bonds. The van der Waals surface area contributed by atoms with Crippen molar-refractivity contribution in [2.45, 2.75) is 19.7 Å². The van der Waals surface area contributed by atoms with Crippen molar-refractivity contribution in [1.29, 1.82) is 0 Å². The van der Waals surface area contributed by atoms with Crippen molar-refractivity contribution >= 4 is 40.3 Å². The molecule has 0 saturated carbocycles. The molecule has 0 atom stereocenters. The molecule has 0 aliphatic rings. The molecule has 10 heteroatoms. The number of anilines is 1. The first kappa shape index (κ1) is 23.5. The van der Waals surface area contributed by atoms with Crippen LogP contribution >= 0.6 is 23.8 Å². The van der Waals surface area contributed by atoms with Crippen LogP contribution in [0.15, 0.2) is 72.0 Å². The monoisotopic (exact) mass is 478 g/mol. The van der Waals surface area contributed by atoms with Gasteiger partial charge in [-0.15, -0.1) is 0 Å². The summed E-state index contributed by atoms with van der Waals surface area (Å²) in [4.78, 5) is 3.75. The van der Waals surface area contributed by atoms with Crippen molar-refractivity contribution in [3.8, 4) is 5.75 Å². The van der Waals surface area contributed by atoms with Gasteiger partial charge in [-0.2, -0.15) is 18.3 Å². The van der Waals surface area contributed by atoms with E-state index in [0.29, 0.717) is 16.6 Å². The van der Waals surface area contributed by atoms with Gasteiger partial charge in [-0.3, -0.25) is 10.4 Å². The smallest absolute Gasteiger partial charge is 0.417 e. The minimum Gasteiger partial charge on any atom is -0.487 e. The first-order valence-electron chi connectivity index (χ1n) is 9.33. The van der Waals surface area contributed by atoms with Crippen molar-refractivity contribution in [1.82, 2.24) is 10.4 Å². The highest BCUT2D eigenvalue weighted by molar-refractivity contribution is 7.80.